The van der Waals surface area contributed by atoms with Crippen molar-refractivity contribution in [1.29, 1.82) is 0 Å². The van der Waals surface area contributed by atoms with Crippen LogP contribution in [0.4, 0.5) is 0 Å². The third-order valence-corrected chi connectivity index (χ3v) is 3.33. The molecule has 2 rings (SSSR count). The van der Waals surface area contributed by atoms with Gasteiger partial charge in [-0.1, -0.05) is 42.5 Å². The lowest BCUT2D eigenvalue weighted by atomic mass is 9.98. The first-order chi connectivity index (χ1) is 8.72. The Morgan fingerprint density at radius 1 is 0.889 bits per heavy atom. The summed E-state index contributed by atoms with van der Waals surface area (Å²) in [5, 5.41) is 0. The van der Waals surface area contributed by atoms with Gasteiger partial charge in [0.05, 0.1) is 7.11 Å². The second kappa shape index (κ2) is 6.05. The van der Waals surface area contributed by atoms with Crippen LogP contribution in [0, 0.1) is 0 Å². The monoisotopic (exact) mass is 350 g/mol. The van der Waals surface area contributed by atoms with Gasteiger partial charge in [-0.25, -0.2) is 0 Å². The SMILES string of the molecule is COc1ccc(/C(=C(\C)I)c2ccccc2)cc1. The van der Waals surface area contributed by atoms with Crippen molar-refractivity contribution < 1.29 is 4.74 Å². The number of hydrogen-bond acceptors (Lipinski definition) is 1. The molecule has 1 nitrogen and oxygen atoms in total. The van der Waals surface area contributed by atoms with Gasteiger partial charge in [-0.05, 0) is 61.9 Å². The molecule has 0 saturated carbocycles. The zero-order valence-corrected chi connectivity index (χ0v) is 12.6. The first kappa shape index (κ1) is 13.1. The van der Waals surface area contributed by atoms with Crippen LogP contribution in [0.15, 0.2) is 58.2 Å². The summed E-state index contributed by atoms with van der Waals surface area (Å²) in [4.78, 5) is 0. The molecule has 0 N–H and O–H groups in total. The standard InChI is InChI=1S/C16H15IO/c1-12(17)16(13-6-4-3-5-7-13)14-8-10-15(18-2)11-9-14/h3-11H,1-2H3/b16-12+. The molecular formula is C16H15IO. The summed E-state index contributed by atoms with van der Waals surface area (Å²) in [6.07, 6.45) is 0. The molecule has 18 heavy (non-hydrogen) atoms. The molecule has 0 aromatic heterocycles. The number of hydrogen-bond donors (Lipinski definition) is 0. The van der Waals surface area contributed by atoms with E-state index in [0.29, 0.717) is 0 Å². The molecule has 0 aliphatic heterocycles. The number of rotatable bonds is 3. The lowest BCUT2D eigenvalue weighted by Gasteiger charge is -2.10. The molecule has 0 aliphatic carbocycles. The Labute approximate surface area is 122 Å². The van der Waals surface area contributed by atoms with E-state index in [1.165, 1.54) is 20.3 Å². The fourth-order valence-electron chi connectivity index (χ4n) is 1.93. The summed E-state index contributed by atoms with van der Waals surface area (Å²) in [5.41, 5.74) is 3.74. The van der Waals surface area contributed by atoms with E-state index < -0.39 is 0 Å². The van der Waals surface area contributed by atoms with Crippen LogP contribution in [0.3, 0.4) is 0 Å². The van der Waals surface area contributed by atoms with Gasteiger partial charge in [0.15, 0.2) is 0 Å². The van der Waals surface area contributed by atoms with Crippen LogP contribution in [-0.2, 0) is 0 Å². The van der Waals surface area contributed by atoms with Crippen molar-refractivity contribution in [3.8, 4) is 5.75 Å². The lowest BCUT2D eigenvalue weighted by molar-refractivity contribution is 0.415. The zero-order valence-electron chi connectivity index (χ0n) is 10.5. The second-order valence-electron chi connectivity index (χ2n) is 4.00. The quantitative estimate of drug-likeness (QED) is 0.715. The van der Waals surface area contributed by atoms with Gasteiger partial charge < -0.3 is 4.74 Å². The molecule has 0 heterocycles. The fraction of sp³-hybridized carbons (Fsp3) is 0.125. The lowest BCUT2D eigenvalue weighted by Crippen LogP contribution is -1.90. The van der Waals surface area contributed by atoms with E-state index in [0.717, 1.165) is 5.75 Å². The van der Waals surface area contributed by atoms with Gasteiger partial charge in [0.25, 0.3) is 0 Å². The first-order valence-electron chi connectivity index (χ1n) is 5.78. The van der Waals surface area contributed by atoms with Crippen molar-refractivity contribution in [3.63, 3.8) is 0 Å². The molecule has 0 aliphatic rings. The molecule has 0 radical (unpaired) electrons. The van der Waals surface area contributed by atoms with Gasteiger partial charge in [-0.15, -0.1) is 0 Å². The van der Waals surface area contributed by atoms with Gasteiger partial charge in [-0.2, -0.15) is 0 Å². The molecule has 0 atom stereocenters. The van der Waals surface area contributed by atoms with E-state index in [1.807, 2.05) is 18.2 Å². The summed E-state index contributed by atoms with van der Waals surface area (Å²) in [7, 11) is 1.69. The Morgan fingerprint density at radius 3 is 1.94 bits per heavy atom. The van der Waals surface area contributed by atoms with Gasteiger partial charge in [-0.3, -0.25) is 0 Å². The molecule has 92 valence electrons. The number of halogens is 1. The normalized spacial score (nSPS) is 11.9. The first-order valence-corrected chi connectivity index (χ1v) is 6.86. The predicted molar refractivity (Wildman–Crippen MR) is 85.2 cm³/mol. The van der Waals surface area contributed by atoms with Gasteiger partial charge >= 0.3 is 0 Å². The molecule has 2 heteroatoms. The summed E-state index contributed by atoms with van der Waals surface area (Å²) in [6.45, 7) is 2.13. The van der Waals surface area contributed by atoms with Crippen LogP contribution >= 0.6 is 22.6 Å². The molecule has 0 spiro atoms. The van der Waals surface area contributed by atoms with Gasteiger partial charge in [0, 0.05) is 0 Å². The van der Waals surface area contributed by atoms with Crippen molar-refractivity contribution in [2.45, 2.75) is 6.92 Å². The largest absolute Gasteiger partial charge is 0.497 e. The highest BCUT2D eigenvalue weighted by Gasteiger charge is 2.07. The highest BCUT2D eigenvalue weighted by molar-refractivity contribution is 14.1. The van der Waals surface area contributed by atoms with Crippen molar-refractivity contribution in [2.75, 3.05) is 7.11 Å². The molecule has 2 aromatic rings. The van der Waals surface area contributed by atoms with E-state index in [2.05, 4.69) is 65.9 Å². The molecular weight excluding hydrogens is 335 g/mol. The third-order valence-electron chi connectivity index (χ3n) is 2.79. The number of methoxy groups -OCH3 is 1. The molecule has 0 unspecified atom stereocenters. The van der Waals surface area contributed by atoms with Gasteiger partial charge in [0.2, 0.25) is 0 Å². The average Bonchev–Trinajstić information content (AvgIpc) is 2.40. The van der Waals surface area contributed by atoms with Crippen LogP contribution in [0.2, 0.25) is 0 Å². The number of ether oxygens (including phenoxy) is 1. The Balaban J connectivity index is 2.47. The maximum absolute atomic E-state index is 5.20. The minimum absolute atomic E-state index is 0.886. The summed E-state index contributed by atoms with van der Waals surface area (Å²) in [6, 6.07) is 18.7. The number of benzene rings is 2. The molecule has 0 bridgehead atoms. The Morgan fingerprint density at radius 2 is 1.44 bits per heavy atom. The topological polar surface area (TPSA) is 9.23 Å². The highest BCUT2D eigenvalue weighted by atomic mass is 127. The third kappa shape index (κ3) is 2.93. The van der Waals surface area contributed by atoms with E-state index in [4.69, 9.17) is 4.74 Å². The van der Waals surface area contributed by atoms with Gasteiger partial charge in [0.1, 0.15) is 5.75 Å². The van der Waals surface area contributed by atoms with Crippen LogP contribution in [0.25, 0.3) is 5.57 Å². The zero-order chi connectivity index (χ0) is 13.0. The summed E-state index contributed by atoms with van der Waals surface area (Å²) >= 11 is 2.38. The van der Waals surface area contributed by atoms with E-state index in [-0.39, 0.29) is 0 Å². The van der Waals surface area contributed by atoms with Crippen molar-refractivity contribution >= 4 is 28.2 Å². The van der Waals surface area contributed by atoms with Crippen molar-refractivity contribution in [2.24, 2.45) is 0 Å². The van der Waals surface area contributed by atoms with Crippen LogP contribution in [-0.4, -0.2) is 7.11 Å². The number of allylic oxidation sites excluding steroid dienone is 1. The second-order valence-corrected chi connectivity index (χ2v) is 5.62. The van der Waals surface area contributed by atoms with Crippen LogP contribution < -0.4 is 4.74 Å². The highest BCUT2D eigenvalue weighted by Crippen LogP contribution is 2.30. The van der Waals surface area contributed by atoms with Crippen molar-refractivity contribution in [3.05, 3.63) is 69.3 Å². The molecule has 0 saturated heterocycles. The Bertz CT molecular complexity index is 537. The summed E-state index contributed by atoms with van der Waals surface area (Å²) < 4.78 is 6.48. The van der Waals surface area contributed by atoms with Crippen molar-refractivity contribution in [1.82, 2.24) is 0 Å². The van der Waals surface area contributed by atoms with Crippen LogP contribution in [0.1, 0.15) is 18.1 Å². The molecule has 2 aromatic carbocycles. The molecule has 0 fully saturated rings. The Hall–Kier alpha value is -1.29. The minimum atomic E-state index is 0.886. The molecule has 0 amide bonds. The summed E-state index contributed by atoms with van der Waals surface area (Å²) in [5.74, 6) is 0.886. The van der Waals surface area contributed by atoms with E-state index in [1.54, 1.807) is 7.11 Å². The van der Waals surface area contributed by atoms with Crippen LogP contribution in [0.5, 0.6) is 5.75 Å². The van der Waals surface area contributed by atoms with E-state index >= 15 is 0 Å². The maximum Gasteiger partial charge on any atom is 0.118 e. The maximum atomic E-state index is 5.20. The average molecular weight is 350 g/mol. The van der Waals surface area contributed by atoms with E-state index in [9.17, 15) is 0 Å². The fourth-order valence-corrected chi connectivity index (χ4v) is 2.55. The minimum Gasteiger partial charge on any atom is -0.497 e. The predicted octanol–water partition coefficient (Wildman–Crippen LogP) is 4.91. The smallest absolute Gasteiger partial charge is 0.118 e. The Kier molecular flexibility index (Phi) is 4.42.